The first kappa shape index (κ1) is 13.5. The number of hydrogen-bond acceptors (Lipinski definition) is 3. The van der Waals surface area contributed by atoms with E-state index in [2.05, 4.69) is 41.6 Å². The quantitative estimate of drug-likeness (QED) is 0.888. The second-order valence-electron chi connectivity index (χ2n) is 4.48. The Labute approximate surface area is 113 Å². The Morgan fingerprint density at radius 3 is 2.58 bits per heavy atom. The van der Waals surface area contributed by atoms with Gasteiger partial charge in [-0.1, -0.05) is 31.2 Å². The molecule has 1 atom stereocenters. The molecule has 19 heavy (non-hydrogen) atoms. The second kappa shape index (κ2) is 6.29. The summed E-state index contributed by atoms with van der Waals surface area (Å²) in [7, 11) is 1.90. The Bertz CT molecular complexity index is 574. The molecule has 0 bridgehead atoms. The fourth-order valence-corrected chi connectivity index (χ4v) is 2.05. The van der Waals surface area contributed by atoms with Gasteiger partial charge in [0.2, 0.25) is 0 Å². The largest absolute Gasteiger partial charge is 0.311 e. The van der Waals surface area contributed by atoms with Crippen LogP contribution in [0.3, 0.4) is 0 Å². The molecule has 1 aromatic carbocycles. The molecule has 4 nitrogen and oxygen atoms in total. The van der Waals surface area contributed by atoms with Gasteiger partial charge in [-0.05, 0) is 30.7 Å². The van der Waals surface area contributed by atoms with Crippen LogP contribution < -0.4 is 10.9 Å². The molecule has 0 fully saturated rings. The summed E-state index contributed by atoms with van der Waals surface area (Å²) >= 11 is 0. The van der Waals surface area contributed by atoms with Crippen molar-refractivity contribution < 1.29 is 0 Å². The minimum absolute atomic E-state index is 0.0760. The third-order valence-electron chi connectivity index (χ3n) is 3.28. The number of aryl methyl sites for hydroxylation is 1. The van der Waals surface area contributed by atoms with Gasteiger partial charge < -0.3 is 5.32 Å². The molecule has 0 radical (unpaired) electrons. The SMILES string of the molecule is CCc1ccc(C(Cn2ncccc2=O)NC)cc1. The number of rotatable bonds is 5. The van der Waals surface area contributed by atoms with Crippen molar-refractivity contribution in [3.8, 4) is 0 Å². The minimum atomic E-state index is -0.0760. The number of likely N-dealkylation sites (N-methyl/N-ethyl adjacent to an activating group) is 1. The van der Waals surface area contributed by atoms with Crippen molar-refractivity contribution in [3.05, 3.63) is 64.1 Å². The Kier molecular flexibility index (Phi) is 4.47. The van der Waals surface area contributed by atoms with Gasteiger partial charge in [-0.15, -0.1) is 0 Å². The highest BCUT2D eigenvalue weighted by molar-refractivity contribution is 5.25. The number of nitrogens with zero attached hydrogens (tertiary/aromatic N) is 2. The molecule has 1 N–H and O–H groups in total. The fourth-order valence-electron chi connectivity index (χ4n) is 2.05. The van der Waals surface area contributed by atoms with E-state index >= 15 is 0 Å². The number of benzene rings is 1. The van der Waals surface area contributed by atoms with Gasteiger partial charge in [-0.2, -0.15) is 5.10 Å². The van der Waals surface area contributed by atoms with Crippen molar-refractivity contribution in [2.75, 3.05) is 7.05 Å². The molecular weight excluding hydrogens is 238 g/mol. The molecule has 0 aliphatic rings. The number of nitrogens with one attached hydrogen (secondary N) is 1. The molecule has 4 heteroatoms. The minimum Gasteiger partial charge on any atom is -0.311 e. The van der Waals surface area contributed by atoms with E-state index in [4.69, 9.17) is 0 Å². The van der Waals surface area contributed by atoms with E-state index in [9.17, 15) is 4.79 Å². The van der Waals surface area contributed by atoms with Crippen LogP contribution in [0.15, 0.2) is 47.4 Å². The van der Waals surface area contributed by atoms with Crippen molar-refractivity contribution in [2.24, 2.45) is 0 Å². The van der Waals surface area contributed by atoms with Crippen molar-refractivity contribution in [2.45, 2.75) is 25.9 Å². The standard InChI is InChI=1S/C15H19N3O/c1-3-12-6-8-13(9-7-12)14(16-2)11-18-15(19)5-4-10-17-18/h4-10,14,16H,3,11H2,1-2H3. The molecule has 100 valence electrons. The molecule has 1 unspecified atom stereocenters. The van der Waals surface area contributed by atoms with Gasteiger partial charge in [-0.3, -0.25) is 4.79 Å². The molecule has 2 rings (SSSR count). The molecule has 2 aromatic rings. The highest BCUT2D eigenvalue weighted by atomic mass is 16.1. The smallest absolute Gasteiger partial charge is 0.266 e. The van der Waals surface area contributed by atoms with Crippen LogP contribution in [-0.4, -0.2) is 16.8 Å². The van der Waals surface area contributed by atoms with Crippen LogP contribution in [-0.2, 0) is 13.0 Å². The Morgan fingerprint density at radius 1 is 1.26 bits per heavy atom. The van der Waals surface area contributed by atoms with E-state index in [1.54, 1.807) is 12.3 Å². The molecule has 1 aromatic heterocycles. The number of hydrogen-bond donors (Lipinski definition) is 1. The molecule has 0 saturated carbocycles. The van der Waals surface area contributed by atoms with Crippen LogP contribution >= 0.6 is 0 Å². The summed E-state index contributed by atoms with van der Waals surface area (Å²) in [6.07, 6.45) is 2.67. The van der Waals surface area contributed by atoms with Crippen LogP contribution in [0, 0.1) is 0 Å². The zero-order chi connectivity index (χ0) is 13.7. The zero-order valence-electron chi connectivity index (χ0n) is 11.3. The lowest BCUT2D eigenvalue weighted by Crippen LogP contribution is -2.29. The first-order valence-corrected chi connectivity index (χ1v) is 6.53. The highest BCUT2D eigenvalue weighted by Gasteiger charge is 2.11. The predicted octanol–water partition coefficient (Wildman–Crippen LogP) is 1.77. The molecule has 0 spiro atoms. The van der Waals surface area contributed by atoms with Crippen LogP contribution in [0.25, 0.3) is 0 Å². The van der Waals surface area contributed by atoms with E-state index in [1.807, 2.05) is 7.05 Å². The maximum atomic E-state index is 11.7. The summed E-state index contributed by atoms with van der Waals surface area (Å²) in [6, 6.07) is 11.7. The van der Waals surface area contributed by atoms with Gasteiger partial charge in [0.1, 0.15) is 0 Å². The average Bonchev–Trinajstić information content (AvgIpc) is 2.47. The van der Waals surface area contributed by atoms with E-state index in [-0.39, 0.29) is 11.6 Å². The zero-order valence-corrected chi connectivity index (χ0v) is 11.3. The van der Waals surface area contributed by atoms with Crippen LogP contribution in [0.4, 0.5) is 0 Å². The first-order valence-electron chi connectivity index (χ1n) is 6.53. The number of aromatic nitrogens is 2. The van der Waals surface area contributed by atoms with E-state index < -0.39 is 0 Å². The Balaban J connectivity index is 2.20. The van der Waals surface area contributed by atoms with Gasteiger partial charge in [-0.25, -0.2) is 4.68 Å². The summed E-state index contributed by atoms with van der Waals surface area (Å²) in [5, 5.41) is 7.32. The first-order chi connectivity index (χ1) is 9.24. The molecule has 0 amide bonds. The van der Waals surface area contributed by atoms with Gasteiger partial charge >= 0.3 is 0 Å². The Morgan fingerprint density at radius 2 is 2.00 bits per heavy atom. The summed E-state index contributed by atoms with van der Waals surface area (Å²) in [4.78, 5) is 11.7. The maximum Gasteiger partial charge on any atom is 0.266 e. The molecule has 0 saturated heterocycles. The molecule has 1 heterocycles. The van der Waals surface area contributed by atoms with Crippen molar-refractivity contribution in [1.29, 1.82) is 0 Å². The highest BCUT2D eigenvalue weighted by Crippen LogP contribution is 2.15. The van der Waals surface area contributed by atoms with Gasteiger partial charge in [0, 0.05) is 12.3 Å². The van der Waals surface area contributed by atoms with Crippen molar-refractivity contribution in [1.82, 2.24) is 15.1 Å². The molecule has 0 aliphatic heterocycles. The topological polar surface area (TPSA) is 46.9 Å². The fraction of sp³-hybridized carbons (Fsp3) is 0.333. The van der Waals surface area contributed by atoms with Gasteiger partial charge in [0.25, 0.3) is 5.56 Å². The van der Waals surface area contributed by atoms with Crippen LogP contribution in [0.2, 0.25) is 0 Å². The van der Waals surface area contributed by atoms with E-state index in [1.165, 1.54) is 16.3 Å². The van der Waals surface area contributed by atoms with Crippen molar-refractivity contribution in [3.63, 3.8) is 0 Å². The Hall–Kier alpha value is -1.94. The lowest BCUT2D eigenvalue weighted by Gasteiger charge is -2.17. The van der Waals surface area contributed by atoms with Gasteiger partial charge in [0.15, 0.2) is 0 Å². The van der Waals surface area contributed by atoms with Gasteiger partial charge in [0.05, 0.1) is 12.6 Å². The summed E-state index contributed by atoms with van der Waals surface area (Å²) in [5.41, 5.74) is 2.40. The lowest BCUT2D eigenvalue weighted by atomic mass is 10.0. The lowest BCUT2D eigenvalue weighted by molar-refractivity contribution is 0.452. The van der Waals surface area contributed by atoms with Crippen molar-refractivity contribution >= 4 is 0 Å². The normalized spacial score (nSPS) is 12.3. The monoisotopic (exact) mass is 257 g/mol. The molecule has 0 aliphatic carbocycles. The molecular formula is C15H19N3O. The maximum absolute atomic E-state index is 11.7. The van der Waals surface area contributed by atoms with Crippen LogP contribution in [0.5, 0.6) is 0 Å². The third-order valence-corrected chi connectivity index (χ3v) is 3.28. The summed E-state index contributed by atoms with van der Waals surface area (Å²) in [5.74, 6) is 0. The average molecular weight is 257 g/mol. The predicted molar refractivity (Wildman–Crippen MR) is 76.1 cm³/mol. The second-order valence-corrected chi connectivity index (χ2v) is 4.48. The van der Waals surface area contributed by atoms with E-state index in [0.717, 1.165) is 12.0 Å². The van der Waals surface area contributed by atoms with E-state index in [0.29, 0.717) is 6.54 Å². The summed E-state index contributed by atoms with van der Waals surface area (Å²) in [6.45, 7) is 2.67. The van der Waals surface area contributed by atoms with Crippen LogP contribution in [0.1, 0.15) is 24.1 Å². The third kappa shape index (κ3) is 3.29. The summed E-state index contributed by atoms with van der Waals surface area (Å²) < 4.78 is 1.48.